The van der Waals surface area contributed by atoms with Gasteiger partial charge in [-0.3, -0.25) is 4.79 Å². The lowest BCUT2D eigenvalue weighted by atomic mass is 10.0. The second-order valence-electron chi connectivity index (χ2n) is 7.76. The Kier molecular flexibility index (Phi) is 10.5. The van der Waals surface area contributed by atoms with Crippen LogP contribution in [0.15, 0.2) is 54.9 Å². The number of carbonyl (C=O) groups excluding carboxylic acids is 1. The van der Waals surface area contributed by atoms with E-state index < -0.39 is 11.4 Å². The number of ketones is 1. The third-order valence-electron chi connectivity index (χ3n) is 4.69. The molecule has 0 saturated heterocycles. The summed E-state index contributed by atoms with van der Waals surface area (Å²) in [7, 11) is 14.8. The predicted octanol–water partition coefficient (Wildman–Crippen LogP) is 7.20. The van der Waals surface area contributed by atoms with E-state index in [1.165, 1.54) is 5.52 Å². The Labute approximate surface area is 206 Å². The van der Waals surface area contributed by atoms with Crippen molar-refractivity contribution in [2.24, 2.45) is 0 Å². The SMILES string of the molecule is CC(C)c1cc2ccccn2n1.CCC(=O)c1c(C(C)C)nn2ccccc12.[Cl][Al]([Cl])[Cl]. The van der Waals surface area contributed by atoms with Gasteiger partial charge in [0.2, 0.25) is 0 Å². The Morgan fingerprint density at radius 1 is 0.938 bits per heavy atom. The summed E-state index contributed by atoms with van der Waals surface area (Å²) >= 11 is -1.72. The van der Waals surface area contributed by atoms with Gasteiger partial charge in [-0.15, -0.1) is 0 Å². The first-order valence-electron chi connectivity index (χ1n) is 10.5. The first-order chi connectivity index (χ1) is 15.1. The van der Waals surface area contributed by atoms with Crippen LogP contribution in [-0.2, 0) is 0 Å². The van der Waals surface area contributed by atoms with Crippen molar-refractivity contribution in [2.45, 2.75) is 52.9 Å². The first-order valence-corrected chi connectivity index (χ1v) is 15.8. The molecule has 4 aromatic heterocycles. The second-order valence-corrected chi connectivity index (χ2v) is 14.2. The Balaban J connectivity index is 0.000000200. The number of hydrogen-bond donors (Lipinski definition) is 0. The number of nitrogens with zero attached hydrogens (tertiary/aromatic N) is 4. The topological polar surface area (TPSA) is 51.7 Å². The van der Waals surface area contributed by atoms with E-state index in [-0.39, 0.29) is 11.7 Å². The van der Waals surface area contributed by atoms with E-state index in [0.29, 0.717) is 12.3 Å². The molecule has 0 aliphatic carbocycles. The van der Waals surface area contributed by atoms with E-state index in [1.807, 2.05) is 54.2 Å². The number of pyridine rings is 2. The first kappa shape index (κ1) is 26.7. The van der Waals surface area contributed by atoms with Crippen molar-refractivity contribution < 1.29 is 4.79 Å². The molecule has 0 amide bonds. The van der Waals surface area contributed by atoms with E-state index >= 15 is 0 Å². The average Bonchev–Trinajstić information content (AvgIpc) is 3.35. The molecule has 32 heavy (non-hydrogen) atoms. The minimum absolute atomic E-state index is 0.171. The Morgan fingerprint density at radius 2 is 1.53 bits per heavy atom. The molecule has 0 atom stereocenters. The summed E-state index contributed by atoms with van der Waals surface area (Å²) in [5.74, 6) is 0.945. The van der Waals surface area contributed by atoms with E-state index in [9.17, 15) is 4.79 Å². The van der Waals surface area contributed by atoms with E-state index in [2.05, 4.69) is 50.0 Å². The molecular formula is C23H28AlCl3N4O. The van der Waals surface area contributed by atoms with E-state index in [4.69, 9.17) is 30.1 Å². The van der Waals surface area contributed by atoms with Gasteiger partial charge in [-0.25, -0.2) is 39.2 Å². The fourth-order valence-electron chi connectivity index (χ4n) is 3.12. The quantitative estimate of drug-likeness (QED) is 0.216. The molecule has 0 fully saturated rings. The van der Waals surface area contributed by atoms with E-state index in [1.54, 1.807) is 4.52 Å². The van der Waals surface area contributed by atoms with Crippen LogP contribution in [0.4, 0.5) is 0 Å². The molecule has 9 heteroatoms. The molecule has 170 valence electrons. The molecule has 0 aliphatic rings. The van der Waals surface area contributed by atoms with Gasteiger partial charge in [-0.05, 0) is 42.2 Å². The molecule has 0 spiro atoms. The van der Waals surface area contributed by atoms with Crippen molar-refractivity contribution in [3.63, 3.8) is 0 Å². The molecule has 0 bridgehead atoms. The van der Waals surface area contributed by atoms with Crippen LogP contribution in [0, 0.1) is 0 Å². The zero-order valence-electron chi connectivity index (χ0n) is 19.0. The Bertz CT molecular complexity index is 1120. The summed E-state index contributed by atoms with van der Waals surface area (Å²) in [4.78, 5) is 12.0. The summed E-state index contributed by atoms with van der Waals surface area (Å²) < 4.78 is 3.70. The summed E-state index contributed by atoms with van der Waals surface area (Å²) in [6, 6.07) is 14.0. The third kappa shape index (κ3) is 7.23. The van der Waals surface area contributed by atoms with Gasteiger partial charge >= 0.3 is 11.4 Å². The molecule has 4 heterocycles. The number of hydrogen-bond acceptors (Lipinski definition) is 3. The van der Waals surface area contributed by atoms with Crippen LogP contribution in [-0.4, -0.2) is 36.4 Å². The number of fused-ring (bicyclic) bond motifs is 2. The van der Waals surface area contributed by atoms with Gasteiger partial charge in [0.05, 0.1) is 28.0 Å². The highest BCUT2D eigenvalue weighted by Crippen LogP contribution is 2.24. The maximum Gasteiger partial charge on any atom is 0.643 e. The van der Waals surface area contributed by atoms with Crippen LogP contribution in [0.2, 0.25) is 0 Å². The molecule has 0 radical (unpaired) electrons. The fraction of sp³-hybridized carbons (Fsp3) is 0.348. The molecule has 0 N–H and O–H groups in total. The largest absolute Gasteiger partial charge is 0.643 e. The van der Waals surface area contributed by atoms with Crippen LogP contribution in [0.3, 0.4) is 0 Å². The maximum absolute atomic E-state index is 12.0. The van der Waals surface area contributed by atoms with Crippen LogP contribution >= 0.6 is 30.1 Å². The van der Waals surface area contributed by atoms with Crippen LogP contribution in [0.1, 0.15) is 74.6 Å². The lowest BCUT2D eigenvalue weighted by molar-refractivity contribution is 0.0988. The van der Waals surface area contributed by atoms with Gasteiger partial charge in [0.25, 0.3) is 0 Å². The number of aromatic nitrogens is 4. The number of halogens is 3. The standard InChI is InChI=1S/C13H16N2O.C10H12N2.Al.3ClH/c1-4-11(16)12-10-7-5-6-8-15(10)14-13(12)9(2)3;1-8(2)10-7-9-5-3-4-6-12(9)11-10;;;;/h5-9H,4H2,1-3H3;3-8H,1-2H3;;3*1H/q;;+3;;;/p-3. The minimum atomic E-state index is -1.72. The Hall–Kier alpha value is -1.55. The molecule has 0 aromatic carbocycles. The van der Waals surface area contributed by atoms with Crippen LogP contribution < -0.4 is 0 Å². The summed E-state index contributed by atoms with van der Waals surface area (Å²) in [6.45, 7) is 10.3. The average molecular weight is 510 g/mol. The van der Waals surface area contributed by atoms with Gasteiger partial charge in [-0.2, -0.15) is 10.2 Å². The molecular weight excluding hydrogens is 482 g/mol. The number of rotatable bonds is 4. The van der Waals surface area contributed by atoms with Crippen molar-refractivity contribution in [3.8, 4) is 0 Å². The van der Waals surface area contributed by atoms with Crippen molar-refractivity contribution >= 4 is 58.3 Å². The highest BCUT2D eigenvalue weighted by Gasteiger charge is 2.19. The van der Waals surface area contributed by atoms with Crippen molar-refractivity contribution in [2.75, 3.05) is 0 Å². The van der Waals surface area contributed by atoms with Gasteiger partial charge in [0.1, 0.15) is 0 Å². The maximum atomic E-state index is 12.0. The molecule has 4 rings (SSSR count). The molecule has 4 aromatic rings. The van der Waals surface area contributed by atoms with Crippen molar-refractivity contribution in [1.29, 1.82) is 0 Å². The van der Waals surface area contributed by atoms with Gasteiger partial charge < -0.3 is 0 Å². The minimum Gasteiger partial charge on any atom is -0.294 e. The lowest BCUT2D eigenvalue weighted by Gasteiger charge is -2.02. The summed E-state index contributed by atoms with van der Waals surface area (Å²) in [5.41, 5.74) is 4.93. The number of carbonyl (C=O) groups is 1. The summed E-state index contributed by atoms with van der Waals surface area (Å²) in [5, 5.41) is 8.91. The highest BCUT2D eigenvalue weighted by molar-refractivity contribution is 7.54. The Morgan fingerprint density at radius 3 is 2.06 bits per heavy atom. The summed E-state index contributed by atoms with van der Waals surface area (Å²) in [6.07, 6.45) is 4.38. The highest BCUT2D eigenvalue weighted by atomic mass is 35.8. The predicted molar refractivity (Wildman–Crippen MR) is 136 cm³/mol. The third-order valence-corrected chi connectivity index (χ3v) is 4.69. The fourth-order valence-corrected chi connectivity index (χ4v) is 3.12. The second kappa shape index (κ2) is 12.6. The lowest BCUT2D eigenvalue weighted by Crippen LogP contribution is -2.02. The normalized spacial score (nSPS) is 10.7. The number of Topliss-reactive ketones (excluding diaryl/α,β-unsaturated/α-hetero) is 1. The smallest absolute Gasteiger partial charge is 0.294 e. The van der Waals surface area contributed by atoms with Crippen molar-refractivity contribution in [1.82, 2.24) is 19.2 Å². The van der Waals surface area contributed by atoms with Gasteiger partial charge in [-0.1, -0.05) is 46.8 Å². The monoisotopic (exact) mass is 508 g/mol. The molecule has 0 saturated carbocycles. The van der Waals surface area contributed by atoms with Gasteiger partial charge in [0, 0.05) is 18.8 Å². The molecule has 5 nitrogen and oxygen atoms in total. The zero-order chi connectivity index (χ0) is 23.8. The zero-order valence-corrected chi connectivity index (χ0v) is 22.4. The molecule has 0 unspecified atom stereocenters. The van der Waals surface area contributed by atoms with Crippen LogP contribution in [0.5, 0.6) is 0 Å². The molecule has 0 aliphatic heterocycles. The van der Waals surface area contributed by atoms with Crippen LogP contribution in [0.25, 0.3) is 11.0 Å². The van der Waals surface area contributed by atoms with E-state index in [0.717, 1.165) is 22.5 Å². The van der Waals surface area contributed by atoms with Crippen molar-refractivity contribution in [3.05, 3.63) is 71.8 Å². The van der Waals surface area contributed by atoms with Gasteiger partial charge in [0.15, 0.2) is 5.78 Å².